The summed E-state index contributed by atoms with van der Waals surface area (Å²) in [7, 11) is 0. The third kappa shape index (κ3) is 7.20. The molecular weight excluding hydrogens is 842 g/mol. The fourth-order valence-electron chi connectivity index (χ4n) is 15.2. The van der Waals surface area contributed by atoms with E-state index in [1.807, 2.05) is 0 Å². The Hall–Kier alpha value is -4.82. The molecule has 6 aromatic rings. The molecule has 2 heteroatoms. The maximum Gasteiger partial charge on any atom is 0.247 e. The Kier molecular flexibility index (Phi) is 10.4. The van der Waals surface area contributed by atoms with E-state index < -0.39 is 0 Å². The number of rotatable bonds is 5. The maximum atomic E-state index is 2.80. The van der Waals surface area contributed by atoms with Crippen molar-refractivity contribution in [2.75, 3.05) is 4.90 Å². The molecule has 2 aliphatic heterocycles. The number of aryl methyl sites for hydroxylation is 2. The summed E-state index contributed by atoms with van der Waals surface area (Å²) >= 11 is 0. The van der Waals surface area contributed by atoms with Gasteiger partial charge in [-0.15, -0.1) is 0 Å². The van der Waals surface area contributed by atoms with Gasteiger partial charge in [0.25, 0.3) is 0 Å². The molecule has 11 rings (SSSR count). The summed E-state index contributed by atoms with van der Waals surface area (Å²) in [5.41, 5.74) is 30.1. The van der Waals surface area contributed by atoms with Gasteiger partial charge in [0, 0.05) is 23.0 Å². The topological polar surface area (TPSA) is 3.24 Å². The molecular formula is C68H82BN. The van der Waals surface area contributed by atoms with E-state index in [0.717, 1.165) is 19.3 Å². The molecule has 3 aliphatic carbocycles. The lowest BCUT2D eigenvalue weighted by molar-refractivity contribution is 0.330. The highest BCUT2D eigenvalue weighted by Crippen LogP contribution is 2.55. The molecule has 0 radical (unpaired) electrons. The summed E-state index contributed by atoms with van der Waals surface area (Å²) in [6.45, 7) is 42.1. The first-order valence-corrected chi connectivity index (χ1v) is 27.3. The Morgan fingerprint density at radius 3 is 1.76 bits per heavy atom. The van der Waals surface area contributed by atoms with Gasteiger partial charge in [0.05, 0.1) is 0 Å². The number of hydrogen-bond acceptors (Lipinski definition) is 1. The summed E-state index contributed by atoms with van der Waals surface area (Å²) in [5.74, 6) is 0.240. The normalized spacial score (nSPS) is 21.2. The molecule has 0 saturated heterocycles. The van der Waals surface area contributed by atoms with Gasteiger partial charge in [-0.1, -0.05) is 188 Å². The number of anilines is 3. The summed E-state index contributed by atoms with van der Waals surface area (Å²) < 4.78 is 0. The zero-order valence-corrected chi connectivity index (χ0v) is 46.3. The molecule has 6 aromatic carbocycles. The van der Waals surface area contributed by atoms with Crippen LogP contribution in [-0.4, -0.2) is 6.71 Å². The highest BCUT2D eigenvalue weighted by molar-refractivity contribution is 6.99. The Morgan fingerprint density at radius 1 is 0.514 bits per heavy atom. The molecule has 0 saturated carbocycles. The van der Waals surface area contributed by atoms with E-state index in [9.17, 15) is 0 Å². The molecule has 1 nitrogen and oxygen atoms in total. The largest absolute Gasteiger partial charge is 0.311 e. The van der Waals surface area contributed by atoms with E-state index in [1.54, 1.807) is 16.7 Å². The van der Waals surface area contributed by atoms with Gasteiger partial charge in [0.1, 0.15) is 0 Å². The van der Waals surface area contributed by atoms with Crippen molar-refractivity contribution in [3.05, 3.63) is 164 Å². The second-order valence-corrected chi connectivity index (χ2v) is 28.2. The first-order chi connectivity index (χ1) is 32.6. The van der Waals surface area contributed by atoms with Crippen molar-refractivity contribution >= 4 is 40.2 Å². The summed E-state index contributed by atoms with van der Waals surface area (Å²) in [5, 5.41) is 0. The summed E-state index contributed by atoms with van der Waals surface area (Å²) in [6, 6.07) is 39.8. The lowest BCUT2D eigenvalue weighted by Crippen LogP contribution is -2.62. The van der Waals surface area contributed by atoms with Crippen LogP contribution in [0.1, 0.15) is 215 Å². The molecule has 0 amide bonds. The van der Waals surface area contributed by atoms with Gasteiger partial charge < -0.3 is 4.90 Å². The van der Waals surface area contributed by atoms with Gasteiger partial charge in [-0.25, -0.2) is 0 Å². The van der Waals surface area contributed by atoms with Crippen molar-refractivity contribution in [3.63, 3.8) is 0 Å². The first-order valence-electron chi connectivity index (χ1n) is 27.3. The molecule has 362 valence electrons. The van der Waals surface area contributed by atoms with Crippen LogP contribution in [0.4, 0.5) is 17.1 Å². The SMILES string of the molecule is Cc1cc2c(cc1N1c3cc4c(cc3B3c5cc(-c6ccccc6)ccc5C(CCc5ccc6c(c5C)C(C)(C)CCC6(C)C)c5cc(C(C)(C)C)cc1c53)C(C)(C)CCC4(C)C)C(C)(C)CC2(C)C. The summed E-state index contributed by atoms with van der Waals surface area (Å²) in [6.07, 6.45) is 8.13. The average Bonchev–Trinajstić information content (AvgIpc) is 3.46. The van der Waals surface area contributed by atoms with Gasteiger partial charge in [-0.05, 0) is 204 Å². The van der Waals surface area contributed by atoms with Crippen LogP contribution in [0.2, 0.25) is 0 Å². The van der Waals surface area contributed by atoms with E-state index in [-0.39, 0.29) is 50.5 Å². The van der Waals surface area contributed by atoms with Crippen LogP contribution in [0.25, 0.3) is 11.1 Å². The molecule has 2 heterocycles. The van der Waals surface area contributed by atoms with Crippen LogP contribution in [0.5, 0.6) is 0 Å². The zero-order valence-electron chi connectivity index (χ0n) is 46.3. The number of hydrogen-bond donors (Lipinski definition) is 0. The highest BCUT2D eigenvalue weighted by atomic mass is 15.2. The van der Waals surface area contributed by atoms with Crippen LogP contribution < -0.4 is 21.3 Å². The highest BCUT2D eigenvalue weighted by Gasteiger charge is 2.49. The van der Waals surface area contributed by atoms with Crippen LogP contribution >= 0.6 is 0 Å². The molecule has 0 spiro atoms. The van der Waals surface area contributed by atoms with Gasteiger partial charge in [0.2, 0.25) is 6.71 Å². The monoisotopic (exact) mass is 924 g/mol. The molecule has 0 fully saturated rings. The second kappa shape index (κ2) is 15.4. The number of fused-ring (bicyclic) bond motifs is 7. The number of benzene rings is 6. The smallest absolute Gasteiger partial charge is 0.247 e. The van der Waals surface area contributed by atoms with E-state index in [1.165, 1.54) is 120 Å². The fraction of sp³-hybridized carbons (Fsp3) is 0.471. The quantitative estimate of drug-likeness (QED) is 0.156. The molecule has 0 bridgehead atoms. The van der Waals surface area contributed by atoms with Crippen LogP contribution in [0.15, 0.2) is 97.1 Å². The van der Waals surface area contributed by atoms with E-state index in [0.29, 0.717) is 0 Å². The van der Waals surface area contributed by atoms with Crippen molar-refractivity contribution in [2.45, 2.75) is 206 Å². The van der Waals surface area contributed by atoms with Gasteiger partial charge in [-0.2, -0.15) is 0 Å². The van der Waals surface area contributed by atoms with Gasteiger partial charge in [0.15, 0.2) is 0 Å². The van der Waals surface area contributed by atoms with Gasteiger partial charge in [-0.3, -0.25) is 0 Å². The predicted molar refractivity (Wildman–Crippen MR) is 304 cm³/mol. The Balaban J connectivity index is 1.21. The molecule has 70 heavy (non-hydrogen) atoms. The van der Waals surface area contributed by atoms with Crippen molar-refractivity contribution in [1.29, 1.82) is 0 Å². The molecule has 1 unspecified atom stereocenters. The second-order valence-electron chi connectivity index (χ2n) is 28.2. The Bertz CT molecular complexity index is 3140. The Morgan fingerprint density at radius 2 is 1.10 bits per heavy atom. The minimum Gasteiger partial charge on any atom is -0.311 e. The minimum absolute atomic E-state index is 0.0523. The third-order valence-electron chi connectivity index (χ3n) is 19.4. The van der Waals surface area contributed by atoms with E-state index >= 15 is 0 Å². The maximum absolute atomic E-state index is 2.80. The Labute approximate surface area is 424 Å². The zero-order chi connectivity index (χ0) is 50.0. The lowest BCUT2D eigenvalue weighted by Gasteiger charge is -2.47. The predicted octanol–water partition coefficient (Wildman–Crippen LogP) is 16.3. The van der Waals surface area contributed by atoms with Crippen molar-refractivity contribution in [3.8, 4) is 11.1 Å². The van der Waals surface area contributed by atoms with Crippen LogP contribution in [0.3, 0.4) is 0 Å². The minimum atomic E-state index is -0.0523. The van der Waals surface area contributed by atoms with Crippen LogP contribution in [-0.2, 0) is 44.3 Å². The standard InChI is InChI=1S/C68H82BN/c1-41-33-51-54(68(16,17)40-67(51,14)15)38-57(41)70-58-39-53-52(64(8,9)29-30-65(53,10)11)37-56(58)69-55-34-45(44-21-19-18-20-22-44)24-27-48(55)47(49-35-46(62(3,4)5)36-59(70)61(49)69)26-23-43-25-28-50-60(42(43)2)66(12,13)32-31-63(50,6)7/h18-22,24-25,27-28,33-39,47H,23,26,29-32,40H2,1-17H3. The lowest BCUT2D eigenvalue weighted by atomic mass is 9.30. The van der Waals surface area contributed by atoms with Gasteiger partial charge >= 0.3 is 0 Å². The first kappa shape index (κ1) is 47.5. The number of nitrogens with zero attached hydrogens (tertiary/aromatic N) is 1. The molecule has 0 N–H and O–H groups in total. The van der Waals surface area contributed by atoms with Crippen molar-refractivity contribution in [2.24, 2.45) is 0 Å². The molecule has 5 aliphatic rings. The van der Waals surface area contributed by atoms with Crippen molar-refractivity contribution in [1.82, 2.24) is 0 Å². The molecule has 0 aromatic heterocycles. The third-order valence-corrected chi connectivity index (χ3v) is 19.4. The van der Waals surface area contributed by atoms with Crippen molar-refractivity contribution < 1.29 is 0 Å². The average molecular weight is 924 g/mol. The van der Waals surface area contributed by atoms with E-state index in [4.69, 9.17) is 0 Å². The van der Waals surface area contributed by atoms with Crippen LogP contribution in [0, 0.1) is 13.8 Å². The summed E-state index contributed by atoms with van der Waals surface area (Å²) in [4.78, 5) is 2.80. The molecule has 1 atom stereocenters. The fourth-order valence-corrected chi connectivity index (χ4v) is 15.2. The van der Waals surface area contributed by atoms with E-state index in [2.05, 4.69) is 220 Å².